The van der Waals surface area contributed by atoms with Crippen LogP contribution in [0.1, 0.15) is 12.0 Å². The monoisotopic (exact) mass is 261 g/mol. The second-order valence-corrected chi connectivity index (χ2v) is 4.32. The fourth-order valence-corrected chi connectivity index (χ4v) is 2.23. The molecule has 3 rings (SSSR count). The molecule has 0 unspecified atom stereocenters. The number of rotatable bonds is 3. The fraction of sp³-hybridized carbons (Fsp3) is 0.200. The van der Waals surface area contributed by atoms with Crippen molar-refractivity contribution in [1.82, 2.24) is 0 Å². The van der Waals surface area contributed by atoms with Crippen LogP contribution < -0.4 is 5.73 Å². The van der Waals surface area contributed by atoms with E-state index in [1.165, 1.54) is 16.3 Å². The molecule has 1 heterocycles. The van der Waals surface area contributed by atoms with E-state index in [4.69, 9.17) is 10.2 Å². The largest absolute Gasteiger partial charge is 0.456 e. The molecule has 0 fully saturated rings. The summed E-state index contributed by atoms with van der Waals surface area (Å²) in [6.45, 7) is 0.740. The average Bonchev–Trinajstić information content (AvgIpc) is 2.74. The number of nitrogens with two attached hydrogens (primary N) is 1. The fourth-order valence-electron chi connectivity index (χ4n) is 2.23. The van der Waals surface area contributed by atoms with Gasteiger partial charge >= 0.3 is 0 Å². The average molecular weight is 262 g/mol. The Labute approximate surface area is 112 Å². The van der Waals surface area contributed by atoms with E-state index >= 15 is 0 Å². The summed E-state index contributed by atoms with van der Waals surface area (Å²) in [5.41, 5.74) is 8.79. The van der Waals surface area contributed by atoms with Crippen LogP contribution >= 0.6 is 12.4 Å². The third-order valence-electron chi connectivity index (χ3n) is 3.11. The molecule has 0 aliphatic rings. The maximum Gasteiger partial charge on any atom is 0.135 e. The number of para-hydroxylation sites is 1. The summed E-state index contributed by atoms with van der Waals surface area (Å²) in [6, 6.07) is 14.6. The van der Waals surface area contributed by atoms with E-state index in [0.717, 1.165) is 30.6 Å². The van der Waals surface area contributed by atoms with Crippen LogP contribution in [0.15, 0.2) is 46.9 Å². The Morgan fingerprint density at radius 2 is 1.72 bits per heavy atom. The topological polar surface area (TPSA) is 39.2 Å². The van der Waals surface area contributed by atoms with E-state index in [1.807, 2.05) is 18.2 Å². The molecule has 0 bridgehead atoms. The van der Waals surface area contributed by atoms with Crippen LogP contribution in [0.25, 0.3) is 21.9 Å². The Bertz CT molecular complexity index is 660. The Kier molecular flexibility index (Phi) is 3.90. The second-order valence-electron chi connectivity index (χ2n) is 4.32. The molecule has 0 atom stereocenters. The van der Waals surface area contributed by atoms with Crippen LogP contribution in [0, 0.1) is 0 Å². The molecular weight excluding hydrogens is 246 g/mol. The zero-order chi connectivity index (χ0) is 11.7. The molecule has 18 heavy (non-hydrogen) atoms. The van der Waals surface area contributed by atoms with Crippen LogP contribution in [-0.2, 0) is 6.42 Å². The van der Waals surface area contributed by atoms with Gasteiger partial charge in [0.15, 0.2) is 0 Å². The lowest BCUT2D eigenvalue weighted by Crippen LogP contribution is -2.00. The van der Waals surface area contributed by atoms with Gasteiger partial charge in [-0.2, -0.15) is 0 Å². The summed E-state index contributed by atoms with van der Waals surface area (Å²) in [4.78, 5) is 0. The molecule has 1 aromatic heterocycles. The van der Waals surface area contributed by atoms with Gasteiger partial charge in [-0.05, 0) is 43.1 Å². The van der Waals surface area contributed by atoms with Gasteiger partial charge in [0.05, 0.1) is 0 Å². The number of furan rings is 1. The number of aryl methyl sites for hydroxylation is 1. The van der Waals surface area contributed by atoms with E-state index in [9.17, 15) is 0 Å². The van der Waals surface area contributed by atoms with Gasteiger partial charge in [-0.3, -0.25) is 0 Å². The van der Waals surface area contributed by atoms with Crippen LogP contribution in [0.2, 0.25) is 0 Å². The summed E-state index contributed by atoms with van der Waals surface area (Å²) in [6.07, 6.45) is 2.06. The molecule has 0 saturated heterocycles. The lowest BCUT2D eigenvalue weighted by Gasteiger charge is -1.99. The standard InChI is InChI=1S/C15H15NO.ClH/c16-9-3-4-11-7-8-15-13(10-11)12-5-1-2-6-14(12)17-15;/h1-2,5-8,10H,3-4,9,16H2;1H. The molecule has 0 aliphatic carbocycles. The van der Waals surface area contributed by atoms with Crippen LogP contribution in [0.5, 0.6) is 0 Å². The summed E-state index contributed by atoms with van der Waals surface area (Å²) < 4.78 is 5.79. The van der Waals surface area contributed by atoms with Gasteiger partial charge in [0.25, 0.3) is 0 Å². The van der Waals surface area contributed by atoms with E-state index in [0.29, 0.717) is 0 Å². The lowest BCUT2D eigenvalue weighted by atomic mass is 10.1. The highest BCUT2D eigenvalue weighted by atomic mass is 35.5. The van der Waals surface area contributed by atoms with Gasteiger partial charge in [0.1, 0.15) is 11.2 Å². The normalized spacial score (nSPS) is 10.7. The zero-order valence-electron chi connectivity index (χ0n) is 10.1. The van der Waals surface area contributed by atoms with Gasteiger partial charge < -0.3 is 10.2 Å². The highest BCUT2D eigenvalue weighted by Crippen LogP contribution is 2.29. The number of halogens is 1. The van der Waals surface area contributed by atoms with E-state index in [1.54, 1.807) is 0 Å². The quantitative estimate of drug-likeness (QED) is 0.777. The highest BCUT2D eigenvalue weighted by molar-refractivity contribution is 6.04. The SMILES string of the molecule is Cl.NCCCc1ccc2oc3ccccc3c2c1. The first-order valence-corrected chi connectivity index (χ1v) is 5.99. The molecule has 0 saturated carbocycles. The molecule has 0 aliphatic heterocycles. The number of fused-ring (bicyclic) bond motifs is 3. The number of hydrogen-bond donors (Lipinski definition) is 1. The van der Waals surface area contributed by atoms with Crippen molar-refractivity contribution in [3.05, 3.63) is 48.0 Å². The highest BCUT2D eigenvalue weighted by Gasteiger charge is 2.06. The molecule has 2 N–H and O–H groups in total. The molecule has 0 radical (unpaired) electrons. The molecule has 3 aromatic rings. The molecule has 2 aromatic carbocycles. The first-order chi connectivity index (χ1) is 8.38. The summed E-state index contributed by atoms with van der Waals surface area (Å²) in [7, 11) is 0. The van der Waals surface area contributed by atoms with E-state index < -0.39 is 0 Å². The van der Waals surface area contributed by atoms with Crippen molar-refractivity contribution in [1.29, 1.82) is 0 Å². The van der Waals surface area contributed by atoms with Crippen molar-refractivity contribution in [3.63, 3.8) is 0 Å². The Balaban J connectivity index is 0.00000120. The Morgan fingerprint density at radius 1 is 0.944 bits per heavy atom. The molecule has 0 amide bonds. The molecular formula is C15H16ClNO. The zero-order valence-corrected chi connectivity index (χ0v) is 10.9. The van der Waals surface area contributed by atoms with Crippen LogP contribution in [0.3, 0.4) is 0 Å². The van der Waals surface area contributed by atoms with Crippen LogP contribution in [0.4, 0.5) is 0 Å². The number of hydrogen-bond acceptors (Lipinski definition) is 2. The first kappa shape index (κ1) is 12.9. The van der Waals surface area contributed by atoms with Crippen molar-refractivity contribution >= 4 is 34.3 Å². The maximum absolute atomic E-state index is 5.79. The van der Waals surface area contributed by atoms with Crippen LogP contribution in [-0.4, -0.2) is 6.54 Å². The van der Waals surface area contributed by atoms with Crippen molar-refractivity contribution in [2.24, 2.45) is 5.73 Å². The molecule has 2 nitrogen and oxygen atoms in total. The first-order valence-electron chi connectivity index (χ1n) is 5.99. The number of benzene rings is 2. The predicted octanol–water partition coefficient (Wildman–Crippen LogP) is 3.90. The molecule has 3 heteroatoms. The van der Waals surface area contributed by atoms with Gasteiger partial charge in [-0.1, -0.05) is 24.3 Å². The minimum Gasteiger partial charge on any atom is -0.456 e. The van der Waals surface area contributed by atoms with Crippen molar-refractivity contribution < 1.29 is 4.42 Å². The van der Waals surface area contributed by atoms with Gasteiger partial charge in [0, 0.05) is 10.8 Å². The van der Waals surface area contributed by atoms with E-state index in [-0.39, 0.29) is 12.4 Å². The maximum atomic E-state index is 5.79. The Hall–Kier alpha value is -1.51. The van der Waals surface area contributed by atoms with E-state index in [2.05, 4.69) is 24.3 Å². The lowest BCUT2D eigenvalue weighted by molar-refractivity contribution is 0.668. The third-order valence-corrected chi connectivity index (χ3v) is 3.11. The predicted molar refractivity (Wildman–Crippen MR) is 78.3 cm³/mol. The minimum absolute atomic E-state index is 0. The smallest absolute Gasteiger partial charge is 0.135 e. The van der Waals surface area contributed by atoms with Crippen molar-refractivity contribution in [2.75, 3.05) is 6.54 Å². The Morgan fingerprint density at radius 3 is 2.56 bits per heavy atom. The van der Waals surface area contributed by atoms with Gasteiger partial charge in [-0.25, -0.2) is 0 Å². The minimum atomic E-state index is 0. The van der Waals surface area contributed by atoms with Crippen molar-refractivity contribution in [2.45, 2.75) is 12.8 Å². The molecule has 94 valence electrons. The summed E-state index contributed by atoms with van der Waals surface area (Å²) in [5, 5.41) is 2.40. The summed E-state index contributed by atoms with van der Waals surface area (Å²) >= 11 is 0. The van der Waals surface area contributed by atoms with Gasteiger partial charge in [-0.15, -0.1) is 12.4 Å². The second kappa shape index (κ2) is 5.42. The summed E-state index contributed by atoms with van der Waals surface area (Å²) in [5.74, 6) is 0. The van der Waals surface area contributed by atoms with Crippen molar-refractivity contribution in [3.8, 4) is 0 Å². The molecule has 0 spiro atoms. The van der Waals surface area contributed by atoms with Gasteiger partial charge in [0.2, 0.25) is 0 Å². The third kappa shape index (κ3) is 2.22.